The number of anilines is 3. The van der Waals surface area contributed by atoms with Crippen molar-refractivity contribution in [1.82, 2.24) is 19.7 Å². The fourth-order valence-corrected chi connectivity index (χ4v) is 7.83. The van der Waals surface area contributed by atoms with E-state index in [9.17, 15) is 13.2 Å². The minimum Gasteiger partial charge on any atom is -0.370 e. The zero-order chi connectivity index (χ0) is 32.0. The molecule has 45 heavy (non-hydrogen) atoms. The summed E-state index contributed by atoms with van der Waals surface area (Å²) < 4.78 is 29.3. The first kappa shape index (κ1) is 31.3. The molecule has 240 valence electrons. The quantitative estimate of drug-likeness (QED) is 0.360. The number of fused-ring (bicyclic) bond motifs is 6. The lowest BCUT2D eigenvalue weighted by Gasteiger charge is -2.34. The third kappa shape index (κ3) is 6.64. The Kier molecular flexibility index (Phi) is 8.26. The normalized spacial score (nSPS) is 23.3. The van der Waals surface area contributed by atoms with Crippen LogP contribution >= 0.6 is 0 Å². The fourth-order valence-electron chi connectivity index (χ4n) is 6.89. The maximum Gasteiger partial charge on any atom is 0.281 e. The van der Waals surface area contributed by atoms with Crippen LogP contribution in [0.25, 0.3) is 0 Å². The van der Waals surface area contributed by atoms with Crippen LogP contribution in [0.3, 0.4) is 0 Å². The van der Waals surface area contributed by atoms with Crippen LogP contribution in [0, 0.1) is 5.92 Å². The van der Waals surface area contributed by atoms with Crippen molar-refractivity contribution in [3.8, 4) is 0 Å². The largest absolute Gasteiger partial charge is 0.370 e. The summed E-state index contributed by atoms with van der Waals surface area (Å²) in [7, 11) is -4.27. The Morgan fingerprint density at radius 2 is 1.73 bits per heavy atom. The molecule has 0 saturated carbocycles. The van der Waals surface area contributed by atoms with E-state index in [4.69, 9.17) is 9.97 Å². The van der Waals surface area contributed by atoms with Gasteiger partial charge in [-0.2, -0.15) is 8.42 Å². The van der Waals surface area contributed by atoms with Gasteiger partial charge < -0.3 is 15.1 Å². The zero-order valence-corrected chi connectivity index (χ0v) is 27.8. The highest BCUT2D eigenvalue weighted by atomic mass is 32.2. The summed E-state index contributed by atoms with van der Waals surface area (Å²) in [6.45, 7) is 13.4. The van der Waals surface area contributed by atoms with E-state index in [0.717, 1.165) is 49.4 Å². The van der Waals surface area contributed by atoms with Crippen molar-refractivity contribution in [1.29, 1.82) is 0 Å². The number of sulfonamides is 1. The van der Waals surface area contributed by atoms with Gasteiger partial charge in [-0.1, -0.05) is 26.8 Å². The summed E-state index contributed by atoms with van der Waals surface area (Å²) in [5, 5.41) is 3.25. The molecule has 1 amide bonds. The third-order valence-corrected chi connectivity index (χ3v) is 10.6. The number of carbonyl (C=O) groups is 1. The summed E-state index contributed by atoms with van der Waals surface area (Å²) in [6, 6.07) is 12.3. The molecule has 4 bridgehead atoms. The Labute approximate surface area is 267 Å². The average molecular weight is 632 g/mol. The molecule has 2 fully saturated rings. The molecule has 10 nitrogen and oxygen atoms in total. The molecule has 1 unspecified atom stereocenters. The molecule has 0 aliphatic carbocycles. The van der Waals surface area contributed by atoms with E-state index in [1.807, 2.05) is 12.3 Å². The number of piperidine rings is 1. The SMILES string of the molecule is CC(C)(C)c1ccc2c(n1)N1C[C@@H](CCC(c3ccc(N4CCCCC4)cn3)Nc3cccc(n3)S(=O)(=O)NC2=O)CC1(C)C. The number of nitrogens with one attached hydrogen (secondary N) is 2. The maximum absolute atomic E-state index is 13.7. The highest BCUT2D eigenvalue weighted by Crippen LogP contribution is 2.41. The third-order valence-electron chi connectivity index (χ3n) is 9.36. The van der Waals surface area contributed by atoms with Gasteiger partial charge in [-0.25, -0.2) is 14.7 Å². The number of hydrogen-bond donors (Lipinski definition) is 2. The van der Waals surface area contributed by atoms with Gasteiger partial charge in [0.05, 0.1) is 29.2 Å². The van der Waals surface area contributed by atoms with Gasteiger partial charge >= 0.3 is 0 Å². The minimum absolute atomic E-state index is 0.180. The van der Waals surface area contributed by atoms with Crippen LogP contribution in [0.15, 0.2) is 53.7 Å². The fraction of sp³-hybridized carbons (Fsp3) is 0.529. The molecular formula is C34H45N7O3S. The van der Waals surface area contributed by atoms with E-state index in [2.05, 4.69) is 71.6 Å². The van der Waals surface area contributed by atoms with Crippen molar-refractivity contribution in [2.45, 2.75) is 95.2 Å². The van der Waals surface area contributed by atoms with Gasteiger partial charge in [-0.05, 0) is 94.7 Å². The molecule has 2 atom stereocenters. The molecule has 2 N–H and O–H groups in total. The Morgan fingerprint density at radius 3 is 2.44 bits per heavy atom. The average Bonchev–Trinajstić information content (AvgIpc) is 3.32. The van der Waals surface area contributed by atoms with Crippen LogP contribution in [-0.2, 0) is 15.4 Å². The molecule has 3 aliphatic heterocycles. The van der Waals surface area contributed by atoms with Gasteiger partial charge in [0.1, 0.15) is 11.6 Å². The van der Waals surface area contributed by atoms with Gasteiger partial charge in [0.15, 0.2) is 5.03 Å². The van der Waals surface area contributed by atoms with Gasteiger partial charge in [-0.3, -0.25) is 9.78 Å². The van der Waals surface area contributed by atoms with Crippen molar-refractivity contribution in [3.63, 3.8) is 0 Å². The van der Waals surface area contributed by atoms with Crippen molar-refractivity contribution < 1.29 is 13.2 Å². The van der Waals surface area contributed by atoms with Crippen LogP contribution < -0.4 is 19.8 Å². The predicted molar refractivity (Wildman–Crippen MR) is 177 cm³/mol. The van der Waals surface area contributed by atoms with E-state index in [-0.39, 0.29) is 27.6 Å². The molecule has 3 aromatic rings. The second-order valence-electron chi connectivity index (χ2n) is 14.4. The first-order chi connectivity index (χ1) is 21.3. The predicted octanol–water partition coefficient (Wildman–Crippen LogP) is 5.83. The monoisotopic (exact) mass is 631 g/mol. The van der Waals surface area contributed by atoms with Gasteiger partial charge in [0.25, 0.3) is 15.9 Å². The Hall–Kier alpha value is -3.73. The van der Waals surface area contributed by atoms with E-state index in [1.165, 1.54) is 25.3 Å². The maximum atomic E-state index is 13.7. The van der Waals surface area contributed by atoms with Crippen LogP contribution in [0.5, 0.6) is 0 Å². The number of hydrogen-bond acceptors (Lipinski definition) is 9. The van der Waals surface area contributed by atoms with Crippen LogP contribution in [-0.4, -0.2) is 54.5 Å². The van der Waals surface area contributed by atoms with Gasteiger partial charge in [-0.15, -0.1) is 0 Å². The van der Waals surface area contributed by atoms with Crippen molar-refractivity contribution >= 4 is 33.3 Å². The summed E-state index contributed by atoms with van der Waals surface area (Å²) >= 11 is 0. The van der Waals surface area contributed by atoms with Crippen molar-refractivity contribution in [2.24, 2.45) is 5.92 Å². The first-order valence-electron chi connectivity index (χ1n) is 16.1. The topological polar surface area (TPSA) is 120 Å². The molecular weight excluding hydrogens is 586 g/mol. The number of pyridine rings is 3. The molecule has 0 spiro atoms. The minimum atomic E-state index is -4.27. The number of carbonyl (C=O) groups excluding carboxylic acids is 1. The highest BCUT2D eigenvalue weighted by molar-refractivity contribution is 7.90. The Bertz CT molecular complexity index is 1660. The second-order valence-corrected chi connectivity index (χ2v) is 16.0. The molecule has 11 heteroatoms. The summed E-state index contributed by atoms with van der Waals surface area (Å²) in [5.74, 6) is 0.547. The number of amides is 1. The summed E-state index contributed by atoms with van der Waals surface area (Å²) in [4.78, 5) is 32.6. The molecule has 0 aromatic carbocycles. The number of nitrogens with zero attached hydrogens (tertiary/aromatic N) is 5. The second kappa shape index (κ2) is 11.9. The molecule has 0 radical (unpaired) electrons. The van der Waals surface area contributed by atoms with E-state index in [0.29, 0.717) is 24.1 Å². The van der Waals surface area contributed by atoms with Gasteiger partial charge in [0, 0.05) is 36.3 Å². The van der Waals surface area contributed by atoms with Crippen LogP contribution in [0.4, 0.5) is 17.3 Å². The zero-order valence-electron chi connectivity index (χ0n) is 27.0. The molecule has 3 aromatic heterocycles. The summed E-state index contributed by atoms with van der Waals surface area (Å²) in [5.41, 5.74) is 2.55. The smallest absolute Gasteiger partial charge is 0.281 e. The summed E-state index contributed by atoms with van der Waals surface area (Å²) in [6.07, 6.45) is 8.23. The number of rotatable bonds is 2. The Morgan fingerprint density at radius 1 is 0.956 bits per heavy atom. The lowest BCUT2D eigenvalue weighted by Crippen LogP contribution is -2.41. The molecule has 6 heterocycles. The number of aromatic nitrogens is 3. The van der Waals surface area contributed by atoms with Crippen LogP contribution in [0.1, 0.15) is 101 Å². The Balaban J connectivity index is 1.39. The van der Waals surface area contributed by atoms with E-state index in [1.54, 1.807) is 18.2 Å². The standard InChI is InChI=1S/C34H45N7O3S/c1-33(2,3)28-17-14-25-31(37-28)41-22-23(20-34(41,4)5)12-15-27(26-16-13-24(21-35-26)40-18-7-6-8-19-40)36-29-10-9-11-30(38-29)45(43,44)39-32(25)42/h9-11,13-14,16-17,21,23,27H,6-8,12,15,18-20,22H2,1-5H3,(H,36,38)(H,39,42)/t23-,27?/m0/s1. The van der Waals surface area contributed by atoms with Crippen molar-refractivity contribution in [2.75, 3.05) is 34.8 Å². The van der Waals surface area contributed by atoms with Crippen molar-refractivity contribution in [3.05, 3.63) is 65.6 Å². The molecule has 3 aliphatic rings. The molecule has 6 rings (SSSR count). The van der Waals surface area contributed by atoms with Gasteiger partial charge in [0.2, 0.25) is 0 Å². The lowest BCUT2D eigenvalue weighted by molar-refractivity contribution is 0.0981. The molecule has 2 saturated heterocycles. The highest BCUT2D eigenvalue weighted by Gasteiger charge is 2.41. The first-order valence-corrected chi connectivity index (χ1v) is 17.6. The van der Waals surface area contributed by atoms with E-state index < -0.39 is 15.9 Å². The van der Waals surface area contributed by atoms with Crippen LogP contribution in [0.2, 0.25) is 0 Å². The van der Waals surface area contributed by atoms with E-state index >= 15 is 0 Å². The lowest BCUT2D eigenvalue weighted by atomic mass is 9.90.